The third kappa shape index (κ3) is 1.66. The van der Waals surface area contributed by atoms with Crippen molar-refractivity contribution in [2.45, 2.75) is 11.1 Å². The standard InChI is InChI=1S/C15H10F2N2S/c16-9-5-6-10(11(17)7-9)15-19-13-4-2-1-3-12(13)18-14(19)8-20-15/h1-7,15H,8H2. The van der Waals surface area contributed by atoms with Crippen LogP contribution in [0.5, 0.6) is 0 Å². The number of fused-ring (bicyclic) bond motifs is 3. The Hall–Kier alpha value is -1.88. The summed E-state index contributed by atoms with van der Waals surface area (Å²) < 4.78 is 29.1. The number of imidazole rings is 1. The molecular weight excluding hydrogens is 278 g/mol. The number of halogens is 2. The second kappa shape index (κ2) is 4.31. The van der Waals surface area contributed by atoms with Gasteiger partial charge in [0.1, 0.15) is 22.8 Å². The molecule has 1 aromatic heterocycles. The van der Waals surface area contributed by atoms with Crippen LogP contribution in [0.2, 0.25) is 0 Å². The Morgan fingerprint density at radius 1 is 1.15 bits per heavy atom. The van der Waals surface area contributed by atoms with Crippen LogP contribution < -0.4 is 0 Å². The molecule has 0 saturated carbocycles. The first-order chi connectivity index (χ1) is 9.74. The van der Waals surface area contributed by atoms with Crippen molar-refractivity contribution in [3.8, 4) is 0 Å². The van der Waals surface area contributed by atoms with Crippen molar-refractivity contribution in [1.82, 2.24) is 9.55 Å². The molecule has 0 spiro atoms. The second-order valence-corrected chi connectivity index (χ2v) is 5.78. The van der Waals surface area contributed by atoms with Gasteiger partial charge in [-0.2, -0.15) is 0 Å². The van der Waals surface area contributed by atoms with Crippen LogP contribution in [-0.2, 0) is 5.75 Å². The van der Waals surface area contributed by atoms with E-state index in [2.05, 4.69) is 4.98 Å². The first-order valence-corrected chi connectivity index (χ1v) is 7.31. The number of benzene rings is 2. The number of hydrogen-bond donors (Lipinski definition) is 0. The van der Waals surface area contributed by atoms with Crippen LogP contribution >= 0.6 is 11.8 Å². The molecule has 1 unspecified atom stereocenters. The van der Waals surface area contributed by atoms with Crippen molar-refractivity contribution in [2.24, 2.45) is 0 Å². The summed E-state index contributed by atoms with van der Waals surface area (Å²) in [4.78, 5) is 4.56. The quantitative estimate of drug-likeness (QED) is 0.670. The Labute approximate surface area is 118 Å². The Bertz CT molecular complexity index is 813. The first kappa shape index (κ1) is 11.9. The van der Waals surface area contributed by atoms with Gasteiger partial charge in [-0.3, -0.25) is 0 Å². The lowest BCUT2D eigenvalue weighted by Crippen LogP contribution is -2.05. The highest BCUT2D eigenvalue weighted by Crippen LogP contribution is 2.43. The Kier molecular flexibility index (Phi) is 2.57. The largest absolute Gasteiger partial charge is 0.310 e. The summed E-state index contributed by atoms with van der Waals surface area (Å²) in [7, 11) is 0. The molecule has 0 amide bonds. The minimum Gasteiger partial charge on any atom is -0.310 e. The molecule has 2 heterocycles. The van der Waals surface area contributed by atoms with E-state index < -0.39 is 11.6 Å². The zero-order chi connectivity index (χ0) is 13.7. The molecule has 2 nitrogen and oxygen atoms in total. The summed E-state index contributed by atoms with van der Waals surface area (Å²) in [5, 5.41) is -0.182. The lowest BCUT2D eigenvalue weighted by molar-refractivity contribution is 0.566. The fraction of sp³-hybridized carbons (Fsp3) is 0.133. The molecule has 0 bridgehead atoms. The van der Waals surface area contributed by atoms with Gasteiger partial charge < -0.3 is 4.57 Å². The maximum Gasteiger partial charge on any atom is 0.132 e. The third-order valence-corrected chi connectivity index (χ3v) is 4.71. The van der Waals surface area contributed by atoms with E-state index >= 15 is 0 Å². The molecule has 0 aliphatic carbocycles. The topological polar surface area (TPSA) is 17.8 Å². The van der Waals surface area contributed by atoms with Crippen LogP contribution in [0.4, 0.5) is 8.78 Å². The molecule has 1 aliphatic rings. The fourth-order valence-electron chi connectivity index (χ4n) is 2.62. The van der Waals surface area contributed by atoms with Gasteiger partial charge in [-0.05, 0) is 18.2 Å². The van der Waals surface area contributed by atoms with E-state index in [0.717, 1.165) is 28.7 Å². The van der Waals surface area contributed by atoms with Crippen molar-refractivity contribution in [3.05, 3.63) is 65.5 Å². The van der Waals surface area contributed by atoms with Crippen molar-refractivity contribution in [2.75, 3.05) is 0 Å². The molecule has 0 fully saturated rings. The van der Waals surface area contributed by atoms with Gasteiger partial charge in [-0.1, -0.05) is 18.2 Å². The van der Waals surface area contributed by atoms with E-state index in [1.807, 2.05) is 28.8 Å². The smallest absolute Gasteiger partial charge is 0.132 e. The number of aromatic nitrogens is 2. The van der Waals surface area contributed by atoms with E-state index in [1.165, 1.54) is 12.1 Å². The summed E-state index contributed by atoms with van der Waals surface area (Å²) in [5.41, 5.74) is 2.40. The highest BCUT2D eigenvalue weighted by Gasteiger charge is 2.29. The summed E-state index contributed by atoms with van der Waals surface area (Å²) in [6.07, 6.45) is 0. The molecule has 1 aliphatic heterocycles. The third-order valence-electron chi connectivity index (χ3n) is 3.50. The molecule has 4 rings (SSSR count). The number of para-hydroxylation sites is 2. The second-order valence-electron chi connectivity index (χ2n) is 4.72. The molecule has 0 N–H and O–H groups in total. The molecule has 5 heteroatoms. The van der Waals surface area contributed by atoms with Crippen molar-refractivity contribution >= 4 is 22.8 Å². The van der Waals surface area contributed by atoms with E-state index in [-0.39, 0.29) is 5.37 Å². The van der Waals surface area contributed by atoms with Crippen molar-refractivity contribution in [3.63, 3.8) is 0 Å². The molecule has 0 saturated heterocycles. The van der Waals surface area contributed by atoms with Crippen molar-refractivity contribution < 1.29 is 8.78 Å². The summed E-state index contributed by atoms with van der Waals surface area (Å²) in [5.74, 6) is 0.610. The van der Waals surface area contributed by atoms with Crippen LogP contribution in [0, 0.1) is 11.6 Å². The van der Waals surface area contributed by atoms with Gasteiger partial charge >= 0.3 is 0 Å². The average Bonchev–Trinajstić information content (AvgIpc) is 2.98. The fourth-order valence-corrected chi connectivity index (χ4v) is 3.88. The predicted molar refractivity (Wildman–Crippen MR) is 75.5 cm³/mol. The van der Waals surface area contributed by atoms with Crippen molar-refractivity contribution in [1.29, 1.82) is 0 Å². The van der Waals surface area contributed by atoms with Crippen LogP contribution in [0.1, 0.15) is 16.8 Å². The Morgan fingerprint density at radius 2 is 2.00 bits per heavy atom. The zero-order valence-electron chi connectivity index (χ0n) is 10.4. The van der Waals surface area contributed by atoms with Crippen LogP contribution in [0.25, 0.3) is 11.0 Å². The van der Waals surface area contributed by atoms with E-state index in [0.29, 0.717) is 5.56 Å². The van der Waals surface area contributed by atoms with Gasteiger partial charge in [0.15, 0.2) is 0 Å². The van der Waals surface area contributed by atoms with Gasteiger partial charge in [0.25, 0.3) is 0 Å². The maximum atomic E-state index is 14.0. The maximum absolute atomic E-state index is 14.0. The van der Waals surface area contributed by atoms with Gasteiger partial charge in [0.05, 0.1) is 16.8 Å². The number of thioether (sulfide) groups is 1. The molecule has 2 aromatic carbocycles. The molecule has 0 radical (unpaired) electrons. The monoisotopic (exact) mass is 288 g/mol. The average molecular weight is 288 g/mol. The molecule has 3 aromatic rings. The number of rotatable bonds is 1. The SMILES string of the molecule is Fc1ccc(C2SCc3nc4ccccc4n32)c(F)c1. The highest BCUT2D eigenvalue weighted by atomic mass is 32.2. The van der Waals surface area contributed by atoms with Crippen LogP contribution in [0.3, 0.4) is 0 Å². The minimum atomic E-state index is -0.551. The molecule has 100 valence electrons. The van der Waals surface area contributed by atoms with Gasteiger partial charge in [-0.15, -0.1) is 11.8 Å². The molecular formula is C15H10F2N2S. The Balaban J connectivity index is 1.91. The van der Waals surface area contributed by atoms with E-state index in [9.17, 15) is 8.78 Å². The highest BCUT2D eigenvalue weighted by molar-refractivity contribution is 7.99. The summed E-state index contributed by atoms with van der Waals surface area (Å²) in [6.45, 7) is 0. The van der Waals surface area contributed by atoms with E-state index in [4.69, 9.17) is 0 Å². The lowest BCUT2D eigenvalue weighted by atomic mass is 10.2. The van der Waals surface area contributed by atoms with E-state index in [1.54, 1.807) is 11.8 Å². The first-order valence-electron chi connectivity index (χ1n) is 6.26. The summed E-state index contributed by atoms with van der Waals surface area (Å²) in [6, 6.07) is 11.6. The molecule has 20 heavy (non-hydrogen) atoms. The Morgan fingerprint density at radius 3 is 2.85 bits per heavy atom. The number of hydrogen-bond acceptors (Lipinski definition) is 2. The minimum absolute atomic E-state index is 0.182. The van der Waals surface area contributed by atoms with Gasteiger partial charge in [0, 0.05) is 11.6 Å². The number of nitrogens with zero attached hydrogens (tertiary/aromatic N) is 2. The lowest BCUT2D eigenvalue weighted by Gasteiger charge is -2.14. The summed E-state index contributed by atoms with van der Waals surface area (Å²) >= 11 is 1.60. The van der Waals surface area contributed by atoms with Gasteiger partial charge in [-0.25, -0.2) is 13.8 Å². The molecule has 1 atom stereocenters. The predicted octanol–water partition coefficient (Wildman–Crippen LogP) is 4.11. The normalized spacial score (nSPS) is 17.6. The zero-order valence-corrected chi connectivity index (χ0v) is 11.2. The van der Waals surface area contributed by atoms with Gasteiger partial charge in [0.2, 0.25) is 0 Å². The van der Waals surface area contributed by atoms with Crippen LogP contribution in [0.15, 0.2) is 42.5 Å². The van der Waals surface area contributed by atoms with Crippen LogP contribution in [-0.4, -0.2) is 9.55 Å².